The molecule has 3 heterocycles. The van der Waals surface area contributed by atoms with Crippen LogP contribution in [0, 0.1) is 0 Å². The molecule has 0 spiro atoms. The summed E-state index contributed by atoms with van der Waals surface area (Å²) >= 11 is 1.73. The number of hydrogen-bond acceptors (Lipinski definition) is 3. The van der Waals surface area contributed by atoms with Crippen molar-refractivity contribution in [1.29, 1.82) is 0 Å². The molecule has 0 fully saturated rings. The lowest BCUT2D eigenvalue weighted by molar-refractivity contribution is 1.33. The maximum absolute atomic E-state index is 4.46. The number of nitrogens with zero attached hydrogens (tertiary/aromatic N) is 2. The van der Waals surface area contributed by atoms with Crippen LogP contribution in [0.5, 0.6) is 0 Å². The Labute approximate surface area is 114 Å². The lowest BCUT2D eigenvalue weighted by atomic mass is 10.1. The Kier molecular flexibility index (Phi) is 2.32. The Hall–Kier alpha value is -2.26. The Bertz CT molecular complexity index is 866. The van der Waals surface area contributed by atoms with E-state index in [1.807, 2.05) is 36.7 Å². The zero-order chi connectivity index (χ0) is 12.7. The van der Waals surface area contributed by atoms with Crippen LogP contribution < -0.4 is 0 Å². The van der Waals surface area contributed by atoms with Crippen molar-refractivity contribution < 1.29 is 0 Å². The molecule has 4 aromatic rings. The minimum atomic E-state index is 1.01. The van der Waals surface area contributed by atoms with Gasteiger partial charge in [0.2, 0.25) is 0 Å². The summed E-state index contributed by atoms with van der Waals surface area (Å²) in [5.41, 5.74) is 2.20. The number of hydrogen-bond donors (Lipinski definition) is 0. The SMILES string of the molecule is c1ccc(-c2cccc3c2sc2ncccc23)nc1. The minimum Gasteiger partial charge on any atom is -0.256 e. The number of thiophene rings is 1. The molecule has 4 rings (SSSR count). The van der Waals surface area contributed by atoms with Crippen molar-refractivity contribution in [3.8, 4) is 11.3 Å². The van der Waals surface area contributed by atoms with E-state index in [1.165, 1.54) is 21.0 Å². The quantitative estimate of drug-likeness (QED) is 0.504. The topological polar surface area (TPSA) is 25.8 Å². The number of fused-ring (bicyclic) bond motifs is 3. The van der Waals surface area contributed by atoms with E-state index in [0.29, 0.717) is 0 Å². The van der Waals surface area contributed by atoms with Gasteiger partial charge in [-0.1, -0.05) is 24.3 Å². The predicted molar refractivity (Wildman–Crippen MR) is 80.4 cm³/mol. The summed E-state index contributed by atoms with van der Waals surface area (Å²) in [5.74, 6) is 0. The summed E-state index contributed by atoms with van der Waals surface area (Å²) in [6, 6.07) is 16.5. The Balaban J connectivity index is 2.13. The minimum absolute atomic E-state index is 1.01. The molecule has 0 aliphatic rings. The summed E-state index contributed by atoms with van der Waals surface area (Å²) in [5, 5.41) is 2.48. The fourth-order valence-electron chi connectivity index (χ4n) is 2.36. The number of pyridine rings is 2. The van der Waals surface area contributed by atoms with E-state index in [-0.39, 0.29) is 0 Å². The zero-order valence-electron chi connectivity index (χ0n) is 10.1. The molecular weight excluding hydrogens is 252 g/mol. The van der Waals surface area contributed by atoms with Gasteiger partial charge in [0.05, 0.1) is 5.69 Å². The van der Waals surface area contributed by atoms with Crippen molar-refractivity contribution in [1.82, 2.24) is 9.97 Å². The number of benzene rings is 1. The highest BCUT2D eigenvalue weighted by molar-refractivity contribution is 7.26. The van der Waals surface area contributed by atoms with Crippen molar-refractivity contribution in [3.63, 3.8) is 0 Å². The number of aromatic nitrogens is 2. The molecule has 2 nitrogen and oxygen atoms in total. The van der Waals surface area contributed by atoms with Crippen LogP contribution in [0.25, 0.3) is 31.6 Å². The first-order chi connectivity index (χ1) is 9.43. The van der Waals surface area contributed by atoms with Crippen LogP contribution in [0.3, 0.4) is 0 Å². The molecule has 0 atom stereocenters. The second-order valence-corrected chi connectivity index (χ2v) is 5.35. The van der Waals surface area contributed by atoms with Gasteiger partial charge in [-0.3, -0.25) is 4.98 Å². The molecule has 0 aliphatic carbocycles. The molecule has 3 heteroatoms. The molecule has 1 aromatic carbocycles. The van der Waals surface area contributed by atoms with Gasteiger partial charge in [0.15, 0.2) is 0 Å². The highest BCUT2D eigenvalue weighted by atomic mass is 32.1. The average molecular weight is 262 g/mol. The van der Waals surface area contributed by atoms with E-state index >= 15 is 0 Å². The van der Waals surface area contributed by atoms with E-state index in [9.17, 15) is 0 Å². The highest BCUT2D eigenvalue weighted by Gasteiger charge is 2.10. The summed E-state index contributed by atoms with van der Waals surface area (Å²) in [7, 11) is 0. The predicted octanol–water partition coefficient (Wildman–Crippen LogP) is 4.51. The first-order valence-electron chi connectivity index (χ1n) is 6.11. The van der Waals surface area contributed by atoms with Crippen molar-refractivity contribution in [2.75, 3.05) is 0 Å². The van der Waals surface area contributed by atoms with Crippen LogP contribution >= 0.6 is 11.3 Å². The fourth-order valence-corrected chi connectivity index (χ4v) is 3.52. The van der Waals surface area contributed by atoms with Gasteiger partial charge in [0.25, 0.3) is 0 Å². The largest absolute Gasteiger partial charge is 0.256 e. The molecule has 90 valence electrons. The zero-order valence-corrected chi connectivity index (χ0v) is 10.9. The summed E-state index contributed by atoms with van der Waals surface area (Å²) < 4.78 is 1.26. The van der Waals surface area contributed by atoms with Crippen LogP contribution in [0.15, 0.2) is 60.9 Å². The fraction of sp³-hybridized carbons (Fsp3) is 0. The molecule has 0 N–H and O–H groups in total. The lowest BCUT2D eigenvalue weighted by Crippen LogP contribution is -1.81. The van der Waals surface area contributed by atoms with Gasteiger partial charge >= 0.3 is 0 Å². The second-order valence-electron chi connectivity index (χ2n) is 4.36. The Morgan fingerprint density at radius 3 is 2.53 bits per heavy atom. The first kappa shape index (κ1) is 10.6. The highest BCUT2D eigenvalue weighted by Crippen LogP contribution is 2.37. The molecule has 0 aliphatic heterocycles. The lowest BCUT2D eigenvalue weighted by Gasteiger charge is -2.01. The van der Waals surface area contributed by atoms with Gasteiger partial charge in [-0.25, -0.2) is 4.98 Å². The summed E-state index contributed by atoms with van der Waals surface area (Å²) in [4.78, 5) is 9.99. The third-order valence-corrected chi connectivity index (χ3v) is 4.38. The maximum atomic E-state index is 4.46. The van der Waals surface area contributed by atoms with Gasteiger partial charge in [0.1, 0.15) is 4.83 Å². The molecule has 0 bridgehead atoms. The first-order valence-corrected chi connectivity index (χ1v) is 6.93. The third-order valence-electron chi connectivity index (χ3n) is 3.22. The van der Waals surface area contributed by atoms with Crippen LogP contribution in [0.2, 0.25) is 0 Å². The molecular formula is C16H10N2S. The van der Waals surface area contributed by atoms with Gasteiger partial charge in [0, 0.05) is 33.4 Å². The van der Waals surface area contributed by atoms with Crippen LogP contribution in [-0.4, -0.2) is 9.97 Å². The van der Waals surface area contributed by atoms with Crippen LogP contribution in [0.1, 0.15) is 0 Å². The Morgan fingerprint density at radius 1 is 0.737 bits per heavy atom. The monoisotopic (exact) mass is 262 g/mol. The Morgan fingerprint density at radius 2 is 1.63 bits per heavy atom. The molecule has 19 heavy (non-hydrogen) atoms. The van der Waals surface area contributed by atoms with Crippen molar-refractivity contribution >= 4 is 31.6 Å². The second kappa shape index (κ2) is 4.14. The van der Waals surface area contributed by atoms with E-state index < -0.39 is 0 Å². The molecule has 0 unspecified atom stereocenters. The summed E-state index contributed by atoms with van der Waals surface area (Å²) in [6.07, 6.45) is 3.68. The molecule has 0 amide bonds. The van der Waals surface area contributed by atoms with Crippen LogP contribution in [-0.2, 0) is 0 Å². The molecule has 0 radical (unpaired) electrons. The molecule has 0 saturated heterocycles. The normalized spacial score (nSPS) is 11.2. The smallest absolute Gasteiger partial charge is 0.124 e. The average Bonchev–Trinajstić information content (AvgIpc) is 2.87. The van der Waals surface area contributed by atoms with Crippen molar-refractivity contribution in [2.45, 2.75) is 0 Å². The van der Waals surface area contributed by atoms with Crippen molar-refractivity contribution in [3.05, 3.63) is 60.9 Å². The molecule has 3 aromatic heterocycles. The van der Waals surface area contributed by atoms with Gasteiger partial charge in [-0.2, -0.15) is 0 Å². The molecule has 0 saturated carbocycles. The van der Waals surface area contributed by atoms with E-state index in [2.05, 4.69) is 34.2 Å². The number of rotatable bonds is 1. The third kappa shape index (κ3) is 1.63. The van der Waals surface area contributed by atoms with Gasteiger partial charge in [-0.15, -0.1) is 11.3 Å². The maximum Gasteiger partial charge on any atom is 0.124 e. The van der Waals surface area contributed by atoms with Crippen molar-refractivity contribution in [2.24, 2.45) is 0 Å². The van der Waals surface area contributed by atoms with E-state index in [4.69, 9.17) is 0 Å². The summed E-state index contributed by atoms with van der Waals surface area (Å²) in [6.45, 7) is 0. The van der Waals surface area contributed by atoms with E-state index in [1.54, 1.807) is 11.3 Å². The van der Waals surface area contributed by atoms with Crippen LogP contribution in [0.4, 0.5) is 0 Å². The van der Waals surface area contributed by atoms with E-state index in [0.717, 1.165) is 10.5 Å². The van der Waals surface area contributed by atoms with Gasteiger partial charge < -0.3 is 0 Å². The standard InChI is InChI=1S/C16H10N2S/c1-2-9-17-14(8-1)13-6-3-5-11-12-7-4-10-18-16(12)19-15(11)13/h1-10H. The van der Waals surface area contributed by atoms with Gasteiger partial charge in [-0.05, 0) is 24.3 Å².